The van der Waals surface area contributed by atoms with Gasteiger partial charge in [-0.1, -0.05) is 11.6 Å². The van der Waals surface area contributed by atoms with Crippen molar-refractivity contribution < 1.29 is 13.2 Å². The van der Waals surface area contributed by atoms with Crippen molar-refractivity contribution in [2.75, 3.05) is 38.2 Å². The van der Waals surface area contributed by atoms with Crippen LogP contribution in [0, 0.1) is 0 Å². The Hall–Kier alpha value is -1.83. The highest BCUT2D eigenvalue weighted by molar-refractivity contribution is 7.89. The van der Waals surface area contributed by atoms with Crippen molar-refractivity contribution in [2.24, 2.45) is 0 Å². The number of nitrogens with zero attached hydrogens (tertiary/aromatic N) is 3. The summed E-state index contributed by atoms with van der Waals surface area (Å²) in [6.07, 6.45) is 3.28. The second-order valence-electron chi connectivity index (χ2n) is 5.39. The zero-order valence-corrected chi connectivity index (χ0v) is 14.8. The fourth-order valence-corrected chi connectivity index (χ4v) is 4.35. The second kappa shape index (κ2) is 6.96. The highest BCUT2D eigenvalue weighted by Gasteiger charge is 2.29. The average Bonchev–Trinajstić information content (AvgIpc) is 2.62. The third-order valence-corrected chi connectivity index (χ3v) is 6.23. The number of anilines is 1. The quantitative estimate of drug-likeness (QED) is 0.829. The molecular weight excluding hydrogens is 350 g/mol. The van der Waals surface area contributed by atoms with E-state index in [1.807, 2.05) is 6.07 Å². The van der Waals surface area contributed by atoms with Crippen LogP contribution in [0.15, 0.2) is 47.6 Å². The smallest absolute Gasteiger partial charge is 0.243 e. The third-order valence-electron chi connectivity index (χ3n) is 4.03. The molecule has 1 aliphatic heterocycles. The van der Waals surface area contributed by atoms with E-state index >= 15 is 0 Å². The minimum Gasteiger partial charge on any atom is -0.497 e. The largest absolute Gasteiger partial charge is 0.497 e. The van der Waals surface area contributed by atoms with Gasteiger partial charge < -0.3 is 9.64 Å². The molecule has 128 valence electrons. The minimum atomic E-state index is -3.50. The molecule has 0 bridgehead atoms. The number of pyridine rings is 1. The molecule has 6 nitrogen and oxygen atoms in total. The molecule has 3 rings (SSSR count). The molecule has 1 saturated heterocycles. The van der Waals surface area contributed by atoms with Gasteiger partial charge >= 0.3 is 0 Å². The Morgan fingerprint density at radius 1 is 1.08 bits per heavy atom. The van der Waals surface area contributed by atoms with Crippen LogP contribution in [0.25, 0.3) is 0 Å². The minimum absolute atomic E-state index is 0.277. The number of methoxy groups -OCH3 is 1. The lowest BCUT2D eigenvalue weighted by Crippen LogP contribution is -2.48. The van der Waals surface area contributed by atoms with E-state index in [-0.39, 0.29) is 4.90 Å². The summed E-state index contributed by atoms with van der Waals surface area (Å²) in [4.78, 5) is 6.32. The third kappa shape index (κ3) is 3.33. The lowest BCUT2D eigenvalue weighted by Gasteiger charge is -2.35. The molecule has 0 unspecified atom stereocenters. The van der Waals surface area contributed by atoms with Crippen LogP contribution < -0.4 is 9.64 Å². The van der Waals surface area contributed by atoms with Crippen LogP contribution >= 0.6 is 11.6 Å². The Morgan fingerprint density at radius 2 is 1.75 bits per heavy atom. The molecule has 1 aromatic carbocycles. The fraction of sp³-hybridized carbons (Fsp3) is 0.312. The molecule has 0 radical (unpaired) electrons. The van der Waals surface area contributed by atoms with E-state index in [2.05, 4.69) is 9.88 Å². The number of ether oxygens (including phenoxy) is 1. The van der Waals surface area contributed by atoms with Gasteiger partial charge in [0.05, 0.1) is 22.7 Å². The lowest BCUT2D eigenvalue weighted by molar-refractivity contribution is 0.384. The first-order chi connectivity index (χ1) is 11.5. The fourth-order valence-electron chi connectivity index (χ4n) is 2.69. The SMILES string of the molecule is COc1ccc(S(=O)(=O)N2CCN(c3ccncc3Cl)CC2)cc1. The Kier molecular flexibility index (Phi) is 4.93. The molecule has 1 aromatic heterocycles. The van der Waals surface area contributed by atoms with Gasteiger partial charge in [0.1, 0.15) is 5.75 Å². The summed E-state index contributed by atoms with van der Waals surface area (Å²) in [7, 11) is -1.95. The molecule has 1 fully saturated rings. The number of hydrogen-bond acceptors (Lipinski definition) is 5. The van der Waals surface area contributed by atoms with Crippen molar-refractivity contribution in [3.8, 4) is 5.75 Å². The summed E-state index contributed by atoms with van der Waals surface area (Å²) in [6.45, 7) is 1.98. The Labute approximate surface area is 146 Å². The molecule has 0 spiro atoms. The summed E-state index contributed by atoms with van der Waals surface area (Å²) >= 11 is 6.16. The maximum absolute atomic E-state index is 12.7. The molecule has 0 amide bonds. The zero-order valence-electron chi connectivity index (χ0n) is 13.2. The summed E-state index contributed by atoms with van der Waals surface area (Å²) in [5.74, 6) is 0.631. The van der Waals surface area contributed by atoms with E-state index in [0.717, 1.165) is 5.69 Å². The van der Waals surface area contributed by atoms with Gasteiger partial charge in [0.15, 0.2) is 0 Å². The number of aromatic nitrogens is 1. The molecule has 0 atom stereocenters. The molecule has 0 N–H and O–H groups in total. The Morgan fingerprint density at radius 3 is 2.33 bits per heavy atom. The van der Waals surface area contributed by atoms with Gasteiger partial charge in [-0.05, 0) is 30.3 Å². The van der Waals surface area contributed by atoms with E-state index in [9.17, 15) is 8.42 Å². The van der Waals surface area contributed by atoms with Crippen molar-refractivity contribution in [1.82, 2.24) is 9.29 Å². The number of piperazine rings is 1. The van der Waals surface area contributed by atoms with E-state index in [0.29, 0.717) is 37.0 Å². The average molecular weight is 368 g/mol. The summed E-state index contributed by atoms with van der Waals surface area (Å²) < 4.78 is 32.0. The summed E-state index contributed by atoms with van der Waals surface area (Å²) in [5.41, 5.74) is 0.883. The predicted molar refractivity (Wildman–Crippen MR) is 93.2 cm³/mol. The molecule has 8 heteroatoms. The van der Waals surface area contributed by atoms with Crippen molar-refractivity contribution in [3.05, 3.63) is 47.7 Å². The van der Waals surface area contributed by atoms with Crippen molar-refractivity contribution in [3.63, 3.8) is 0 Å². The highest BCUT2D eigenvalue weighted by atomic mass is 35.5. The van der Waals surface area contributed by atoms with E-state index in [4.69, 9.17) is 16.3 Å². The molecular formula is C16H18ClN3O3S. The van der Waals surface area contributed by atoms with Crippen LogP contribution in [0.4, 0.5) is 5.69 Å². The highest BCUT2D eigenvalue weighted by Crippen LogP contribution is 2.27. The van der Waals surface area contributed by atoms with Crippen LogP contribution in [0.5, 0.6) is 5.75 Å². The first-order valence-electron chi connectivity index (χ1n) is 7.51. The number of halogens is 1. The topological polar surface area (TPSA) is 62.7 Å². The van der Waals surface area contributed by atoms with Crippen LogP contribution in [0.1, 0.15) is 0 Å². The molecule has 0 saturated carbocycles. The van der Waals surface area contributed by atoms with Gasteiger partial charge in [0, 0.05) is 38.6 Å². The van der Waals surface area contributed by atoms with Gasteiger partial charge in [-0.2, -0.15) is 4.31 Å². The lowest BCUT2D eigenvalue weighted by atomic mass is 10.3. The van der Waals surface area contributed by atoms with Crippen molar-refractivity contribution >= 4 is 27.3 Å². The maximum Gasteiger partial charge on any atom is 0.243 e. The second-order valence-corrected chi connectivity index (χ2v) is 7.74. The number of hydrogen-bond donors (Lipinski definition) is 0. The van der Waals surface area contributed by atoms with Crippen molar-refractivity contribution in [2.45, 2.75) is 4.90 Å². The van der Waals surface area contributed by atoms with E-state index in [1.54, 1.807) is 43.8 Å². The van der Waals surface area contributed by atoms with Crippen LogP contribution in [0.3, 0.4) is 0 Å². The molecule has 2 aromatic rings. The van der Waals surface area contributed by atoms with Gasteiger partial charge in [-0.25, -0.2) is 8.42 Å². The van der Waals surface area contributed by atoms with Gasteiger partial charge in [0.25, 0.3) is 0 Å². The molecule has 24 heavy (non-hydrogen) atoms. The van der Waals surface area contributed by atoms with Crippen molar-refractivity contribution in [1.29, 1.82) is 0 Å². The molecule has 2 heterocycles. The normalized spacial score (nSPS) is 16.2. The number of rotatable bonds is 4. The number of sulfonamides is 1. The zero-order chi connectivity index (χ0) is 17.2. The van der Waals surface area contributed by atoms with Gasteiger partial charge in [0.2, 0.25) is 10.0 Å². The van der Waals surface area contributed by atoms with Gasteiger partial charge in [-0.15, -0.1) is 0 Å². The van der Waals surface area contributed by atoms with Crippen LogP contribution in [0.2, 0.25) is 5.02 Å². The first kappa shape index (κ1) is 17.0. The summed E-state index contributed by atoms with van der Waals surface area (Å²) in [5, 5.41) is 0.573. The maximum atomic E-state index is 12.7. The number of benzene rings is 1. The molecule has 0 aliphatic carbocycles. The van der Waals surface area contributed by atoms with Crippen LogP contribution in [-0.4, -0.2) is 51.0 Å². The van der Waals surface area contributed by atoms with Crippen LogP contribution in [-0.2, 0) is 10.0 Å². The van der Waals surface area contributed by atoms with E-state index in [1.165, 1.54) is 4.31 Å². The standard InChI is InChI=1S/C16H18ClN3O3S/c1-23-13-2-4-14(5-3-13)24(21,22)20-10-8-19(9-11-20)16-6-7-18-12-15(16)17/h2-7,12H,8-11H2,1H3. The summed E-state index contributed by atoms with van der Waals surface area (Å²) in [6, 6.07) is 8.29. The van der Waals surface area contributed by atoms with E-state index < -0.39 is 10.0 Å². The first-order valence-corrected chi connectivity index (χ1v) is 9.33. The van der Waals surface area contributed by atoms with Gasteiger partial charge in [-0.3, -0.25) is 4.98 Å². The Balaban J connectivity index is 1.72. The predicted octanol–water partition coefficient (Wildman–Crippen LogP) is 2.25. The molecule has 1 aliphatic rings. The monoisotopic (exact) mass is 367 g/mol. The Bertz CT molecular complexity index is 804.